The van der Waals surface area contributed by atoms with Crippen LogP contribution in [-0.4, -0.2) is 53.0 Å². The molecule has 0 saturated carbocycles. The number of rotatable bonds is 7. The second kappa shape index (κ2) is 9.24. The summed E-state index contributed by atoms with van der Waals surface area (Å²) in [5, 5.41) is 1.73. The molecule has 0 aliphatic carbocycles. The average molecular weight is 493 g/mol. The second-order valence-corrected chi connectivity index (χ2v) is 11.4. The van der Waals surface area contributed by atoms with Crippen molar-refractivity contribution in [3.05, 3.63) is 48.6 Å². The van der Waals surface area contributed by atoms with E-state index in [0.717, 1.165) is 4.57 Å². The number of nitrogens with one attached hydrogen (secondary N) is 1. The fourth-order valence-electron chi connectivity index (χ4n) is 2.97. The van der Waals surface area contributed by atoms with Crippen LogP contribution in [0.2, 0.25) is 0 Å². The van der Waals surface area contributed by atoms with Crippen molar-refractivity contribution in [2.24, 2.45) is 5.11 Å². The highest BCUT2D eigenvalue weighted by Crippen LogP contribution is 2.57. The van der Waals surface area contributed by atoms with Gasteiger partial charge in [-0.2, -0.15) is 0 Å². The summed E-state index contributed by atoms with van der Waals surface area (Å²) in [6.07, 6.45) is -1.06. The minimum atomic E-state index is -5.42. The Morgan fingerprint density at radius 1 is 1.34 bits per heavy atom. The molecule has 2 heterocycles. The fraction of sp³-hybridized carbons (Fsp3) is 0.643. The van der Waals surface area contributed by atoms with E-state index in [1.807, 2.05) is 0 Å². The molecular weight excluding hydrogens is 472 g/mol. The van der Waals surface area contributed by atoms with E-state index in [1.165, 1.54) is 6.20 Å². The van der Waals surface area contributed by atoms with Crippen molar-refractivity contribution < 1.29 is 37.9 Å². The highest BCUT2D eigenvalue weighted by atomic mass is 31.2. The second-order valence-electron chi connectivity index (χ2n) is 7.86. The largest absolute Gasteiger partial charge is 0.486 e. The van der Waals surface area contributed by atoms with Crippen molar-refractivity contribution in [2.45, 2.75) is 51.0 Å². The number of aromatic amines is 1. The van der Waals surface area contributed by atoms with E-state index in [1.54, 1.807) is 20.8 Å². The van der Waals surface area contributed by atoms with Crippen molar-refractivity contribution in [1.29, 1.82) is 0 Å². The Morgan fingerprint density at radius 3 is 2.47 bits per heavy atom. The first kappa shape index (κ1) is 25.9. The van der Waals surface area contributed by atoms with Gasteiger partial charge in [-0.3, -0.25) is 18.9 Å². The van der Waals surface area contributed by atoms with Crippen molar-refractivity contribution in [2.75, 3.05) is 6.61 Å². The molecule has 1 saturated heterocycles. The quantitative estimate of drug-likeness (QED) is 0.137. The van der Waals surface area contributed by atoms with E-state index >= 15 is 0 Å². The molecule has 4 N–H and O–H groups in total. The van der Waals surface area contributed by atoms with Gasteiger partial charge in [-0.05, 0) is 10.9 Å². The van der Waals surface area contributed by atoms with Crippen LogP contribution in [0.1, 0.15) is 39.0 Å². The zero-order valence-corrected chi connectivity index (χ0v) is 18.9. The molecule has 1 aromatic heterocycles. The lowest BCUT2D eigenvalue weighted by Gasteiger charge is -2.21. The third-order valence-corrected chi connectivity index (χ3v) is 7.75. The lowest BCUT2D eigenvalue weighted by Crippen LogP contribution is -2.37. The third kappa shape index (κ3) is 5.70. The normalized spacial score (nSPS) is 23.1. The Bertz CT molecular complexity index is 1200. The monoisotopic (exact) mass is 493 g/mol. The molecule has 4 atom stereocenters. The lowest BCUT2D eigenvalue weighted by molar-refractivity contribution is -0.0255. The fourth-order valence-corrected chi connectivity index (χ4v) is 5.15. The van der Waals surface area contributed by atoms with E-state index in [-0.39, 0.29) is 12.0 Å². The van der Waals surface area contributed by atoms with Crippen molar-refractivity contribution in [3.63, 3.8) is 0 Å². The molecule has 0 spiro atoms. The Labute approximate surface area is 179 Å². The van der Waals surface area contributed by atoms with Crippen LogP contribution in [0.3, 0.4) is 0 Å². The maximum atomic E-state index is 12.3. The Kier molecular flexibility index (Phi) is 7.48. The number of hydrogen-bond donors (Lipinski definition) is 4. The van der Waals surface area contributed by atoms with E-state index in [0.29, 0.717) is 0 Å². The van der Waals surface area contributed by atoms with Crippen LogP contribution in [-0.2, 0) is 23.8 Å². The Morgan fingerprint density at radius 2 is 1.97 bits per heavy atom. The first-order valence-electron chi connectivity index (χ1n) is 8.93. The third-order valence-electron chi connectivity index (χ3n) is 4.51. The van der Waals surface area contributed by atoms with E-state index < -0.39 is 62.0 Å². The predicted molar refractivity (Wildman–Crippen MR) is 108 cm³/mol. The van der Waals surface area contributed by atoms with Crippen molar-refractivity contribution in [1.82, 2.24) is 9.55 Å². The number of nitrogens with zero attached hydrogens (tertiary/aromatic N) is 6. The van der Waals surface area contributed by atoms with Crippen molar-refractivity contribution >= 4 is 20.4 Å². The minimum absolute atomic E-state index is 0.0806. The summed E-state index contributed by atoms with van der Waals surface area (Å²) in [6, 6.07) is -1.01. The summed E-state index contributed by atoms with van der Waals surface area (Å²) in [7, 11) is -10.7. The summed E-state index contributed by atoms with van der Waals surface area (Å²) in [5.74, 6) is 0. The van der Waals surface area contributed by atoms with E-state index in [2.05, 4.69) is 24.3 Å². The Balaban J connectivity index is 2.34. The van der Waals surface area contributed by atoms with Crippen LogP contribution < -0.4 is 11.2 Å². The maximum Gasteiger partial charge on any atom is 0.486 e. The highest BCUT2D eigenvalue weighted by Gasteiger charge is 2.51. The van der Waals surface area contributed by atoms with Crippen molar-refractivity contribution in [3.8, 4) is 0 Å². The number of H-pyrrole nitrogens is 1. The molecule has 1 fully saturated rings. The van der Waals surface area contributed by atoms with Gasteiger partial charge in [0.2, 0.25) is 0 Å². The smallest absolute Gasteiger partial charge is 0.360 e. The van der Waals surface area contributed by atoms with Gasteiger partial charge in [0.15, 0.2) is 0 Å². The zero-order valence-electron chi connectivity index (χ0n) is 17.1. The molecule has 1 unspecified atom stereocenters. The number of aromatic nitrogens is 2. The van der Waals surface area contributed by atoms with Gasteiger partial charge in [-0.25, -0.2) is 13.9 Å². The molecule has 2 rings (SSSR count). The van der Waals surface area contributed by atoms with Crippen LogP contribution in [0.4, 0.5) is 0 Å². The van der Waals surface area contributed by atoms with Crippen LogP contribution in [0, 0.1) is 0 Å². The van der Waals surface area contributed by atoms with Crippen LogP contribution in [0.25, 0.3) is 16.0 Å². The first-order chi connectivity index (χ1) is 14.6. The van der Waals surface area contributed by atoms with Gasteiger partial charge >= 0.3 is 26.1 Å². The molecule has 0 amide bonds. The van der Waals surface area contributed by atoms with Gasteiger partial charge in [0.1, 0.15) is 6.23 Å². The van der Waals surface area contributed by atoms with Gasteiger partial charge in [0.25, 0.3) is 5.56 Å². The summed E-state index contributed by atoms with van der Waals surface area (Å²) in [4.78, 5) is 59.2. The number of ether oxygens (including phenoxy) is 1. The van der Waals surface area contributed by atoms with Gasteiger partial charge in [0, 0.05) is 23.1 Å². The standard InChI is InChI=1S/C14H21N7O9P2/c1-14(2,3)7-5-21(12(23)17-11(7)22)10-4-8(19-20-16)9(30-10)6-29-32(27,28)13(18-15)31(24,25)26/h5,8-10H,4,6H2,1-3H3,(H,27,28)(H,17,22,23)(H2,24,25,26)/t8-,9+,10+/m0/s1. The Hall–Kier alpha value is -2.37. The zero-order chi connectivity index (χ0) is 24.5. The first-order valence-corrected chi connectivity index (χ1v) is 12.1. The number of azide groups is 1. The van der Waals surface area contributed by atoms with Crippen LogP contribution >= 0.6 is 15.2 Å². The SMILES string of the molecule is CC(C)(C)c1cn([C@H]2C[C@H](N=[N+]=[N-])[C@@H](COP(=O)(O)C(=[N+]=[N-])P(=O)(O)O)O2)c(=O)[nH]c1=O. The van der Waals surface area contributed by atoms with E-state index in [4.69, 9.17) is 25.6 Å². The molecule has 32 heavy (non-hydrogen) atoms. The topological polar surface area (TPSA) is 253 Å². The summed E-state index contributed by atoms with van der Waals surface area (Å²) < 4.78 is 34.7. The van der Waals surface area contributed by atoms with Crippen LogP contribution in [0.5, 0.6) is 0 Å². The molecule has 18 heteroatoms. The molecule has 176 valence electrons. The lowest BCUT2D eigenvalue weighted by atomic mass is 9.89. The molecule has 0 aromatic carbocycles. The number of hydrogen-bond acceptors (Lipinski definition) is 7. The highest BCUT2D eigenvalue weighted by molar-refractivity contribution is 7.97. The van der Waals surface area contributed by atoms with E-state index in [9.17, 15) is 23.6 Å². The molecule has 0 bridgehead atoms. The van der Waals surface area contributed by atoms with Crippen LogP contribution in [0.15, 0.2) is 20.9 Å². The molecule has 16 nitrogen and oxygen atoms in total. The average Bonchev–Trinajstić information content (AvgIpc) is 3.01. The van der Waals surface area contributed by atoms with Gasteiger partial charge < -0.3 is 24.9 Å². The summed E-state index contributed by atoms with van der Waals surface area (Å²) >= 11 is 0. The molecule has 1 aliphatic rings. The van der Waals surface area contributed by atoms with Gasteiger partial charge in [-0.15, -0.1) is 4.79 Å². The minimum Gasteiger partial charge on any atom is -0.360 e. The molecule has 0 radical (unpaired) electrons. The molecule has 1 aromatic rings. The van der Waals surface area contributed by atoms with Gasteiger partial charge in [0.05, 0.1) is 18.8 Å². The summed E-state index contributed by atoms with van der Waals surface area (Å²) in [5.41, 5.74) is 15.7. The molecular formula is C14H21N7O9P2. The predicted octanol–water partition coefficient (Wildman–Crippen LogP) is 0.766. The van der Waals surface area contributed by atoms with Gasteiger partial charge in [-0.1, -0.05) is 25.9 Å². The maximum absolute atomic E-state index is 12.3. The summed E-state index contributed by atoms with van der Waals surface area (Å²) in [6.45, 7) is 4.45. The molecule has 1 aliphatic heterocycles.